The van der Waals surface area contributed by atoms with Gasteiger partial charge in [-0.1, -0.05) is 42.1 Å². The summed E-state index contributed by atoms with van der Waals surface area (Å²) in [7, 11) is 0. The first kappa shape index (κ1) is 17.3. The van der Waals surface area contributed by atoms with Gasteiger partial charge in [-0.15, -0.1) is 0 Å². The van der Waals surface area contributed by atoms with Crippen LogP contribution in [0.15, 0.2) is 30.3 Å². The first-order valence-corrected chi connectivity index (χ1v) is 8.16. The summed E-state index contributed by atoms with van der Waals surface area (Å²) in [5.41, 5.74) is 0.0879. The molecule has 1 aromatic rings. The number of hydrogen-bond donors (Lipinski definition) is 0. The maximum Gasteiger partial charge on any atom is 0.418 e. The molecule has 0 radical (unpaired) electrons. The zero-order valence-electron chi connectivity index (χ0n) is 13.3. The standard InChI is InChI=1S/C16H19NO5S/c1-16(2,3)22-14(19)17-12(10-23-15(17)20)13(18)21-9-11-7-5-4-6-8-11/h4-8,12H,9-10H2,1-3H3. The number of thioether (sulfide) groups is 1. The summed E-state index contributed by atoms with van der Waals surface area (Å²) in [6.45, 7) is 5.18. The molecule has 1 aliphatic rings. The summed E-state index contributed by atoms with van der Waals surface area (Å²) in [5, 5.41) is -0.499. The van der Waals surface area contributed by atoms with Gasteiger partial charge in [0.05, 0.1) is 0 Å². The van der Waals surface area contributed by atoms with Crippen LogP contribution in [0.5, 0.6) is 0 Å². The van der Waals surface area contributed by atoms with E-state index in [1.54, 1.807) is 20.8 Å². The molecule has 1 atom stereocenters. The summed E-state index contributed by atoms with van der Waals surface area (Å²) in [5.74, 6) is -0.441. The molecular weight excluding hydrogens is 318 g/mol. The van der Waals surface area contributed by atoms with Crippen molar-refractivity contribution in [2.45, 2.75) is 39.0 Å². The maximum atomic E-state index is 12.2. The second-order valence-electron chi connectivity index (χ2n) is 6.04. The SMILES string of the molecule is CC(C)(C)OC(=O)N1C(=O)SCC1C(=O)OCc1ccccc1. The van der Waals surface area contributed by atoms with Crippen LogP contribution in [-0.4, -0.2) is 39.6 Å². The number of esters is 1. The molecule has 0 saturated carbocycles. The van der Waals surface area contributed by atoms with Crippen LogP contribution in [0.1, 0.15) is 26.3 Å². The number of carbonyl (C=O) groups excluding carboxylic acids is 3. The number of hydrogen-bond acceptors (Lipinski definition) is 6. The van der Waals surface area contributed by atoms with Gasteiger partial charge in [0.25, 0.3) is 5.24 Å². The molecule has 0 bridgehead atoms. The highest BCUT2D eigenvalue weighted by Crippen LogP contribution is 2.27. The van der Waals surface area contributed by atoms with E-state index in [1.807, 2.05) is 30.3 Å². The summed E-state index contributed by atoms with van der Waals surface area (Å²) in [6.07, 6.45) is -0.825. The fraction of sp³-hybridized carbons (Fsp3) is 0.438. The highest BCUT2D eigenvalue weighted by atomic mass is 32.2. The first-order chi connectivity index (χ1) is 10.8. The van der Waals surface area contributed by atoms with Gasteiger partial charge in [0.15, 0.2) is 6.04 Å². The van der Waals surface area contributed by atoms with E-state index >= 15 is 0 Å². The van der Waals surface area contributed by atoms with Crippen LogP contribution in [0.2, 0.25) is 0 Å². The van der Waals surface area contributed by atoms with E-state index in [4.69, 9.17) is 9.47 Å². The van der Waals surface area contributed by atoms with Gasteiger partial charge in [-0.05, 0) is 26.3 Å². The van der Waals surface area contributed by atoms with Gasteiger partial charge in [-0.2, -0.15) is 0 Å². The Morgan fingerprint density at radius 1 is 1.26 bits per heavy atom. The minimum Gasteiger partial charge on any atom is -0.459 e. The molecule has 1 unspecified atom stereocenters. The predicted molar refractivity (Wildman–Crippen MR) is 86.0 cm³/mol. The molecule has 1 aliphatic heterocycles. The Bertz CT molecular complexity index is 596. The third-order valence-electron chi connectivity index (χ3n) is 2.96. The van der Waals surface area contributed by atoms with E-state index in [-0.39, 0.29) is 12.4 Å². The zero-order valence-corrected chi connectivity index (χ0v) is 14.1. The van der Waals surface area contributed by atoms with Crippen molar-refractivity contribution in [1.82, 2.24) is 4.90 Å². The first-order valence-electron chi connectivity index (χ1n) is 7.17. The third kappa shape index (κ3) is 4.72. The van der Waals surface area contributed by atoms with Crippen molar-refractivity contribution in [2.75, 3.05) is 5.75 Å². The van der Waals surface area contributed by atoms with E-state index in [1.165, 1.54) is 0 Å². The molecule has 0 aromatic heterocycles. The van der Waals surface area contributed by atoms with Crippen molar-refractivity contribution < 1.29 is 23.9 Å². The fourth-order valence-corrected chi connectivity index (χ4v) is 2.86. The minimum absolute atomic E-state index is 0.0944. The number of nitrogens with zero attached hydrogens (tertiary/aromatic N) is 1. The number of amides is 2. The highest BCUT2D eigenvalue weighted by molar-refractivity contribution is 8.14. The van der Waals surface area contributed by atoms with Gasteiger partial charge in [0.2, 0.25) is 0 Å². The minimum atomic E-state index is -0.953. The topological polar surface area (TPSA) is 72.9 Å². The molecule has 124 valence electrons. The Kier molecular flexibility index (Phi) is 5.30. The lowest BCUT2D eigenvalue weighted by molar-refractivity contribution is -0.149. The molecule has 2 rings (SSSR count). The van der Waals surface area contributed by atoms with Crippen LogP contribution >= 0.6 is 11.8 Å². The maximum absolute atomic E-state index is 12.2. The Morgan fingerprint density at radius 2 is 1.91 bits per heavy atom. The molecule has 0 spiro atoms. The summed E-state index contributed by atoms with van der Waals surface area (Å²) in [6, 6.07) is 8.24. The number of rotatable bonds is 3. The van der Waals surface area contributed by atoms with Crippen LogP contribution in [-0.2, 0) is 20.9 Å². The third-order valence-corrected chi connectivity index (χ3v) is 3.89. The lowest BCUT2D eigenvalue weighted by Gasteiger charge is -2.25. The molecule has 23 heavy (non-hydrogen) atoms. The molecule has 1 fully saturated rings. The predicted octanol–water partition coefficient (Wildman–Crippen LogP) is 3.20. The molecule has 7 heteroatoms. The van der Waals surface area contributed by atoms with Crippen LogP contribution in [0, 0.1) is 0 Å². The summed E-state index contributed by atoms with van der Waals surface area (Å²) in [4.78, 5) is 37.0. The molecule has 0 N–H and O–H groups in total. The second kappa shape index (κ2) is 7.04. The van der Waals surface area contributed by atoms with Gasteiger partial charge in [0.1, 0.15) is 12.2 Å². The molecule has 1 heterocycles. The molecule has 0 aliphatic carbocycles. The van der Waals surface area contributed by atoms with E-state index in [2.05, 4.69) is 0 Å². The van der Waals surface area contributed by atoms with Crippen LogP contribution in [0.4, 0.5) is 9.59 Å². The normalized spacial score (nSPS) is 18.0. The highest BCUT2D eigenvalue weighted by Gasteiger charge is 2.44. The average Bonchev–Trinajstić information content (AvgIpc) is 2.86. The van der Waals surface area contributed by atoms with Crippen molar-refractivity contribution in [3.05, 3.63) is 35.9 Å². The van der Waals surface area contributed by atoms with Crippen molar-refractivity contribution in [2.24, 2.45) is 0 Å². The molecule has 1 saturated heterocycles. The monoisotopic (exact) mass is 337 g/mol. The van der Waals surface area contributed by atoms with Crippen LogP contribution < -0.4 is 0 Å². The number of imide groups is 1. The van der Waals surface area contributed by atoms with Gasteiger partial charge >= 0.3 is 12.1 Å². The lowest BCUT2D eigenvalue weighted by Crippen LogP contribution is -2.46. The number of ether oxygens (including phenoxy) is 2. The Morgan fingerprint density at radius 3 is 2.52 bits per heavy atom. The van der Waals surface area contributed by atoms with E-state index < -0.39 is 28.9 Å². The Labute approximate surface area is 139 Å². The average molecular weight is 337 g/mol. The van der Waals surface area contributed by atoms with Crippen LogP contribution in [0.25, 0.3) is 0 Å². The molecule has 2 amide bonds. The van der Waals surface area contributed by atoms with E-state index in [0.29, 0.717) is 0 Å². The van der Waals surface area contributed by atoms with Crippen molar-refractivity contribution >= 4 is 29.1 Å². The Balaban J connectivity index is 2.00. The van der Waals surface area contributed by atoms with Crippen molar-refractivity contribution in [1.29, 1.82) is 0 Å². The number of benzene rings is 1. The van der Waals surface area contributed by atoms with Crippen molar-refractivity contribution in [3.8, 4) is 0 Å². The molecular formula is C16H19NO5S. The number of carbonyl (C=O) groups is 3. The second-order valence-corrected chi connectivity index (χ2v) is 7.01. The lowest BCUT2D eigenvalue weighted by atomic mass is 10.2. The summed E-state index contributed by atoms with van der Waals surface area (Å²) >= 11 is 0.903. The molecule has 6 nitrogen and oxygen atoms in total. The summed E-state index contributed by atoms with van der Waals surface area (Å²) < 4.78 is 10.4. The van der Waals surface area contributed by atoms with E-state index in [0.717, 1.165) is 22.2 Å². The van der Waals surface area contributed by atoms with E-state index in [9.17, 15) is 14.4 Å². The smallest absolute Gasteiger partial charge is 0.418 e. The van der Waals surface area contributed by atoms with Gasteiger partial charge in [-0.25, -0.2) is 14.5 Å². The van der Waals surface area contributed by atoms with Gasteiger partial charge < -0.3 is 9.47 Å². The fourth-order valence-electron chi connectivity index (χ4n) is 1.93. The van der Waals surface area contributed by atoms with Crippen molar-refractivity contribution in [3.63, 3.8) is 0 Å². The zero-order chi connectivity index (χ0) is 17.0. The Hall–Kier alpha value is -2.02. The molecule has 1 aromatic carbocycles. The van der Waals surface area contributed by atoms with Gasteiger partial charge in [-0.3, -0.25) is 4.79 Å². The largest absolute Gasteiger partial charge is 0.459 e. The van der Waals surface area contributed by atoms with Crippen LogP contribution in [0.3, 0.4) is 0 Å². The van der Waals surface area contributed by atoms with Gasteiger partial charge in [0, 0.05) is 5.75 Å². The quantitative estimate of drug-likeness (QED) is 0.789.